The fraction of sp³-hybridized carbons (Fsp3) is 0.333. The zero-order valence-electron chi connectivity index (χ0n) is 21.3. The van der Waals surface area contributed by atoms with Gasteiger partial charge in [-0.1, -0.05) is 0 Å². The molecule has 3 aromatic rings. The Morgan fingerprint density at radius 1 is 1.03 bits per heavy atom. The summed E-state index contributed by atoms with van der Waals surface area (Å²) in [5.74, 6) is 2.45. The van der Waals surface area contributed by atoms with Gasteiger partial charge in [-0.2, -0.15) is 5.26 Å². The number of hydrogen-bond acceptors (Lipinski definition) is 9. The van der Waals surface area contributed by atoms with Crippen LogP contribution in [0.2, 0.25) is 0 Å². The Bertz CT molecular complexity index is 1290. The maximum atomic E-state index is 11.6. The van der Waals surface area contributed by atoms with E-state index < -0.39 is 0 Å². The van der Waals surface area contributed by atoms with Crippen molar-refractivity contribution in [2.45, 2.75) is 25.9 Å². The van der Waals surface area contributed by atoms with Gasteiger partial charge in [-0.15, -0.1) is 0 Å². The second-order valence-corrected chi connectivity index (χ2v) is 8.45. The lowest BCUT2D eigenvalue weighted by Gasteiger charge is -2.31. The molecule has 1 aliphatic heterocycles. The van der Waals surface area contributed by atoms with Crippen LogP contribution >= 0.6 is 0 Å². The first-order valence-electron chi connectivity index (χ1n) is 11.8. The number of likely N-dealkylation sites (tertiary alicyclic amines) is 1. The normalized spacial score (nSPS) is 13.4. The maximum Gasteiger partial charge on any atom is 0.227 e. The summed E-state index contributed by atoms with van der Waals surface area (Å²) < 4.78 is 22.3. The molecule has 0 aliphatic carbocycles. The number of nitrogens with one attached hydrogen (secondary N) is 1. The smallest absolute Gasteiger partial charge is 0.227 e. The molecule has 1 saturated heterocycles. The predicted molar refractivity (Wildman–Crippen MR) is 137 cm³/mol. The maximum absolute atomic E-state index is 11.6. The molecule has 0 atom stereocenters. The SMILES string of the molecule is COc1cc(Nc2nccc(-c3ccc(OC4CCN(C(C)=O)CC4)c(C#N)c3)n2)cc(OC)c1OC. The summed E-state index contributed by atoms with van der Waals surface area (Å²) in [4.78, 5) is 22.3. The minimum Gasteiger partial charge on any atom is -0.493 e. The van der Waals surface area contributed by atoms with Gasteiger partial charge >= 0.3 is 0 Å². The van der Waals surface area contributed by atoms with Crippen LogP contribution in [-0.2, 0) is 4.79 Å². The molecule has 4 rings (SSSR count). The van der Waals surface area contributed by atoms with Crippen molar-refractivity contribution in [2.75, 3.05) is 39.7 Å². The summed E-state index contributed by atoms with van der Waals surface area (Å²) in [5.41, 5.74) is 2.47. The number of ether oxygens (including phenoxy) is 4. The quantitative estimate of drug-likeness (QED) is 0.483. The average Bonchev–Trinajstić information content (AvgIpc) is 2.93. The van der Waals surface area contributed by atoms with Crippen LogP contribution in [0.5, 0.6) is 23.0 Å². The van der Waals surface area contributed by atoms with E-state index in [0.29, 0.717) is 59.0 Å². The predicted octanol–water partition coefficient (Wildman–Crippen LogP) is 4.17. The van der Waals surface area contributed by atoms with E-state index >= 15 is 0 Å². The first kappa shape index (κ1) is 25.6. The van der Waals surface area contributed by atoms with Crippen molar-refractivity contribution in [3.63, 3.8) is 0 Å². The largest absolute Gasteiger partial charge is 0.493 e. The number of aromatic nitrogens is 2. The van der Waals surface area contributed by atoms with E-state index in [2.05, 4.69) is 21.4 Å². The summed E-state index contributed by atoms with van der Waals surface area (Å²) in [6, 6.07) is 12.9. The molecular formula is C27H29N5O5. The van der Waals surface area contributed by atoms with Crippen LogP contribution in [0.1, 0.15) is 25.3 Å². The number of rotatable bonds is 8. The van der Waals surface area contributed by atoms with Crippen LogP contribution in [0.25, 0.3) is 11.3 Å². The van der Waals surface area contributed by atoms with Crippen LogP contribution in [0.15, 0.2) is 42.6 Å². The van der Waals surface area contributed by atoms with Gasteiger partial charge in [0.25, 0.3) is 0 Å². The van der Waals surface area contributed by atoms with Gasteiger partial charge in [-0.3, -0.25) is 4.79 Å². The number of nitrogens with zero attached hydrogens (tertiary/aromatic N) is 4. The molecule has 2 aromatic carbocycles. The van der Waals surface area contributed by atoms with Crippen molar-refractivity contribution in [1.82, 2.24) is 14.9 Å². The van der Waals surface area contributed by atoms with E-state index in [1.54, 1.807) is 64.8 Å². The molecule has 1 amide bonds. The number of anilines is 2. The zero-order valence-corrected chi connectivity index (χ0v) is 21.3. The molecule has 2 heterocycles. The van der Waals surface area contributed by atoms with Crippen molar-refractivity contribution in [1.29, 1.82) is 5.26 Å². The van der Waals surface area contributed by atoms with Crippen LogP contribution in [0.4, 0.5) is 11.6 Å². The van der Waals surface area contributed by atoms with Gasteiger partial charge in [0.05, 0.1) is 32.6 Å². The highest BCUT2D eigenvalue weighted by Crippen LogP contribution is 2.40. The fourth-order valence-corrected chi connectivity index (χ4v) is 4.21. The van der Waals surface area contributed by atoms with Gasteiger partial charge in [-0.05, 0) is 24.3 Å². The Hall–Kier alpha value is -4.52. The average molecular weight is 504 g/mol. The fourth-order valence-electron chi connectivity index (χ4n) is 4.21. The molecule has 0 radical (unpaired) electrons. The van der Waals surface area contributed by atoms with Gasteiger partial charge < -0.3 is 29.2 Å². The standard InChI is InChI=1S/C27H29N5O5/c1-17(33)32-11-8-21(9-12-32)37-23-6-5-18(13-19(23)16-28)22-7-10-29-27(31-22)30-20-14-24(34-2)26(36-4)25(15-20)35-3/h5-7,10,13-15,21H,8-9,11-12H2,1-4H3,(H,29,30,31). The number of hydrogen-bond donors (Lipinski definition) is 1. The van der Waals surface area contributed by atoms with Crippen molar-refractivity contribution in [2.24, 2.45) is 0 Å². The van der Waals surface area contributed by atoms with Gasteiger partial charge in [0, 0.05) is 62.4 Å². The molecule has 1 fully saturated rings. The summed E-state index contributed by atoms with van der Waals surface area (Å²) in [6.45, 7) is 2.89. The molecule has 10 nitrogen and oxygen atoms in total. The van der Waals surface area contributed by atoms with Crippen LogP contribution in [0, 0.1) is 11.3 Å². The van der Waals surface area contributed by atoms with Crippen molar-refractivity contribution >= 4 is 17.5 Å². The molecule has 1 N–H and O–H groups in total. The topological polar surface area (TPSA) is 119 Å². The second kappa shape index (κ2) is 11.5. The second-order valence-electron chi connectivity index (χ2n) is 8.45. The third-order valence-electron chi connectivity index (χ3n) is 6.15. The van der Waals surface area contributed by atoms with Crippen molar-refractivity contribution in [3.05, 3.63) is 48.2 Å². The number of methoxy groups -OCH3 is 3. The number of nitriles is 1. The molecule has 37 heavy (non-hydrogen) atoms. The number of piperidine rings is 1. The van der Waals surface area contributed by atoms with Gasteiger partial charge in [-0.25, -0.2) is 9.97 Å². The lowest BCUT2D eigenvalue weighted by Crippen LogP contribution is -2.40. The molecule has 0 bridgehead atoms. The molecule has 1 aromatic heterocycles. The first-order valence-corrected chi connectivity index (χ1v) is 11.8. The first-order chi connectivity index (χ1) is 17.9. The molecule has 10 heteroatoms. The summed E-state index contributed by atoms with van der Waals surface area (Å²) in [7, 11) is 4.64. The highest BCUT2D eigenvalue weighted by molar-refractivity contribution is 5.73. The number of carbonyl (C=O) groups excluding carboxylic acids is 1. The summed E-state index contributed by atoms with van der Waals surface area (Å²) in [6.07, 6.45) is 3.06. The zero-order chi connectivity index (χ0) is 26.4. The van der Waals surface area contributed by atoms with E-state index in [1.807, 2.05) is 11.0 Å². The van der Waals surface area contributed by atoms with Crippen molar-refractivity contribution in [3.8, 4) is 40.3 Å². The molecule has 0 spiro atoms. The lowest BCUT2D eigenvalue weighted by molar-refractivity contribution is -0.130. The number of benzene rings is 2. The Kier molecular flexibility index (Phi) is 7.93. The van der Waals surface area contributed by atoms with E-state index in [9.17, 15) is 10.1 Å². The Labute approximate surface area is 215 Å². The number of carbonyl (C=O) groups is 1. The van der Waals surface area contributed by atoms with E-state index in [0.717, 1.165) is 18.4 Å². The van der Waals surface area contributed by atoms with Gasteiger partial charge in [0.15, 0.2) is 11.5 Å². The van der Waals surface area contributed by atoms with Crippen LogP contribution in [0.3, 0.4) is 0 Å². The monoisotopic (exact) mass is 503 g/mol. The van der Waals surface area contributed by atoms with Gasteiger partial charge in [0.2, 0.25) is 17.6 Å². The summed E-state index contributed by atoms with van der Waals surface area (Å²) >= 11 is 0. The molecule has 0 saturated carbocycles. The van der Waals surface area contributed by atoms with Crippen LogP contribution in [-0.4, -0.2) is 61.3 Å². The molecule has 192 valence electrons. The third kappa shape index (κ3) is 5.83. The minimum absolute atomic E-state index is 0.0399. The number of amides is 1. The van der Waals surface area contributed by atoms with Crippen molar-refractivity contribution < 1.29 is 23.7 Å². The van der Waals surface area contributed by atoms with Crippen LogP contribution < -0.4 is 24.3 Å². The Morgan fingerprint density at radius 2 is 1.73 bits per heavy atom. The van der Waals surface area contributed by atoms with E-state index in [1.165, 1.54) is 0 Å². The van der Waals surface area contributed by atoms with E-state index in [4.69, 9.17) is 18.9 Å². The van der Waals surface area contributed by atoms with E-state index in [-0.39, 0.29) is 12.0 Å². The molecular weight excluding hydrogens is 474 g/mol. The Balaban J connectivity index is 1.52. The highest BCUT2D eigenvalue weighted by Gasteiger charge is 2.23. The Morgan fingerprint density at radius 3 is 2.32 bits per heavy atom. The minimum atomic E-state index is -0.0399. The lowest BCUT2D eigenvalue weighted by atomic mass is 10.1. The van der Waals surface area contributed by atoms with Gasteiger partial charge in [0.1, 0.15) is 17.9 Å². The highest BCUT2D eigenvalue weighted by atomic mass is 16.5. The molecule has 1 aliphatic rings. The third-order valence-corrected chi connectivity index (χ3v) is 6.15. The molecule has 0 unspecified atom stereocenters. The summed E-state index contributed by atoms with van der Waals surface area (Å²) in [5, 5.41) is 12.9.